The van der Waals surface area contributed by atoms with Crippen molar-refractivity contribution in [1.82, 2.24) is 20.3 Å². The number of nitrogens with zero attached hydrogens (tertiary/aromatic N) is 3. The Labute approximate surface area is 116 Å². The third kappa shape index (κ3) is 2.56. The molecule has 1 aromatic carbocycles. The van der Waals surface area contributed by atoms with Gasteiger partial charge in [0.05, 0.1) is 11.7 Å². The van der Waals surface area contributed by atoms with Gasteiger partial charge in [0.25, 0.3) is 0 Å². The summed E-state index contributed by atoms with van der Waals surface area (Å²) in [4.78, 5) is 0. The number of aromatic nitrogens is 3. The second-order valence-electron chi connectivity index (χ2n) is 4.53. The van der Waals surface area contributed by atoms with E-state index < -0.39 is 11.6 Å². The first-order chi connectivity index (χ1) is 9.62. The summed E-state index contributed by atoms with van der Waals surface area (Å²) in [5.41, 5.74) is 1.66. The molecule has 1 atom stereocenters. The Morgan fingerprint density at radius 3 is 2.65 bits per heavy atom. The maximum Gasteiger partial charge on any atom is 0.149 e. The summed E-state index contributed by atoms with van der Waals surface area (Å²) < 4.78 is 28.6. The summed E-state index contributed by atoms with van der Waals surface area (Å²) in [6.07, 6.45) is 1.48. The number of rotatable bonds is 5. The first kappa shape index (κ1) is 14.6. The molecule has 0 aliphatic rings. The average Bonchev–Trinajstić information content (AvgIpc) is 2.86. The lowest BCUT2D eigenvalue weighted by Gasteiger charge is -2.13. The molecule has 20 heavy (non-hydrogen) atoms. The van der Waals surface area contributed by atoms with E-state index in [1.54, 1.807) is 0 Å². The highest BCUT2D eigenvalue weighted by Crippen LogP contribution is 2.23. The lowest BCUT2D eigenvalue weighted by molar-refractivity contribution is 0.555. The Balaban J connectivity index is 2.55. The molecule has 108 valence electrons. The molecule has 2 rings (SSSR count). The lowest BCUT2D eigenvalue weighted by Crippen LogP contribution is -2.17. The molecule has 0 radical (unpaired) electrons. The van der Waals surface area contributed by atoms with Crippen LogP contribution in [-0.2, 0) is 6.42 Å². The zero-order valence-corrected chi connectivity index (χ0v) is 11.8. The van der Waals surface area contributed by atoms with Crippen molar-refractivity contribution in [2.75, 3.05) is 7.05 Å². The topological polar surface area (TPSA) is 42.7 Å². The molecule has 6 heteroatoms. The van der Waals surface area contributed by atoms with Crippen LogP contribution in [0.3, 0.4) is 0 Å². The minimum Gasteiger partial charge on any atom is -0.312 e. The molecule has 1 unspecified atom stereocenters. The number of benzene rings is 1. The minimum absolute atomic E-state index is 0.0512. The van der Waals surface area contributed by atoms with Crippen LogP contribution in [0, 0.1) is 11.6 Å². The smallest absolute Gasteiger partial charge is 0.149 e. The van der Waals surface area contributed by atoms with Gasteiger partial charge in [-0.2, -0.15) is 0 Å². The van der Waals surface area contributed by atoms with Gasteiger partial charge in [-0.05, 0) is 32.0 Å². The van der Waals surface area contributed by atoms with Gasteiger partial charge in [0.1, 0.15) is 23.0 Å². The molecule has 4 nitrogen and oxygen atoms in total. The quantitative estimate of drug-likeness (QED) is 0.915. The fourth-order valence-electron chi connectivity index (χ4n) is 2.29. The average molecular weight is 280 g/mol. The van der Waals surface area contributed by atoms with E-state index in [9.17, 15) is 8.78 Å². The summed E-state index contributed by atoms with van der Waals surface area (Å²) in [5, 5.41) is 11.3. The summed E-state index contributed by atoms with van der Waals surface area (Å²) in [5.74, 6) is -1.02. The van der Waals surface area contributed by atoms with Gasteiger partial charge in [0, 0.05) is 6.07 Å². The van der Waals surface area contributed by atoms with Gasteiger partial charge >= 0.3 is 0 Å². The Hall–Kier alpha value is -1.82. The van der Waals surface area contributed by atoms with Gasteiger partial charge in [0.15, 0.2) is 0 Å². The number of hydrogen-bond acceptors (Lipinski definition) is 3. The second kappa shape index (κ2) is 6.09. The standard InChI is InChI=1S/C14H18F2N4/c1-4-11(17-3)14-12(5-2)20(19-18-14)13-8-9(15)6-7-10(13)16/h6-8,11,17H,4-5H2,1-3H3. The molecule has 0 amide bonds. The lowest BCUT2D eigenvalue weighted by atomic mass is 10.1. The Bertz CT molecular complexity index is 591. The van der Waals surface area contributed by atoms with E-state index >= 15 is 0 Å². The van der Waals surface area contributed by atoms with Crippen molar-refractivity contribution in [3.8, 4) is 5.69 Å². The third-order valence-electron chi connectivity index (χ3n) is 3.35. The first-order valence-electron chi connectivity index (χ1n) is 6.69. The highest BCUT2D eigenvalue weighted by Gasteiger charge is 2.20. The van der Waals surface area contributed by atoms with E-state index in [-0.39, 0.29) is 11.7 Å². The molecule has 1 aromatic heterocycles. The Morgan fingerprint density at radius 1 is 1.30 bits per heavy atom. The van der Waals surface area contributed by atoms with E-state index in [0.29, 0.717) is 6.42 Å². The van der Waals surface area contributed by atoms with Crippen LogP contribution in [0.25, 0.3) is 5.69 Å². The van der Waals surface area contributed by atoms with Crippen LogP contribution in [0.15, 0.2) is 18.2 Å². The molecule has 0 bridgehead atoms. The van der Waals surface area contributed by atoms with E-state index in [0.717, 1.165) is 36.0 Å². The van der Waals surface area contributed by atoms with Gasteiger partial charge in [-0.25, -0.2) is 13.5 Å². The zero-order chi connectivity index (χ0) is 14.7. The predicted molar refractivity (Wildman–Crippen MR) is 72.7 cm³/mol. The second-order valence-corrected chi connectivity index (χ2v) is 4.53. The minimum atomic E-state index is -0.518. The molecule has 0 aliphatic heterocycles. The molecular formula is C14H18F2N4. The molecule has 2 aromatic rings. The van der Waals surface area contributed by atoms with Gasteiger partial charge in [-0.15, -0.1) is 5.10 Å². The highest BCUT2D eigenvalue weighted by molar-refractivity contribution is 5.36. The van der Waals surface area contributed by atoms with Crippen LogP contribution in [0.2, 0.25) is 0 Å². The van der Waals surface area contributed by atoms with Gasteiger partial charge < -0.3 is 5.32 Å². The Morgan fingerprint density at radius 2 is 2.05 bits per heavy atom. The fraction of sp³-hybridized carbons (Fsp3) is 0.429. The van der Waals surface area contributed by atoms with E-state index in [1.807, 2.05) is 20.9 Å². The number of nitrogens with one attached hydrogen (secondary N) is 1. The van der Waals surface area contributed by atoms with Crippen LogP contribution >= 0.6 is 0 Å². The SMILES string of the molecule is CCc1c(C(CC)NC)nnn1-c1cc(F)ccc1F. The van der Waals surface area contributed by atoms with Crippen molar-refractivity contribution in [2.45, 2.75) is 32.7 Å². The van der Waals surface area contributed by atoms with E-state index in [4.69, 9.17) is 0 Å². The zero-order valence-electron chi connectivity index (χ0n) is 11.8. The fourth-order valence-corrected chi connectivity index (χ4v) is 2.29. The van der Waals surface area contributed by atoms with Crippen LogP contribution in [0.1, 0.15) is 37.7 Å². The van der Waals surface area contributed by atoms with Crippen LogP contribution < -0.4 is 5.32 Å². The van der Waals surface area contributed by atoms with Crippen LogP contribution in [0.4, 0.5) is 8.78 Å². The monoisotopic (exact) mass is 280 g/mol. The van der Waals surface area contributed by atoms with E-state index in [1.165, 1.54) is 4.68 Å². The molecule has 1 heterocycles. The Kier molecular flexibility index (Phi) is 4.44. The number of hydrogen-bond donors (Lipinski definition) is 1. The summed E-state index contributed by atoms with van der Waals surface area (Å²) in [6.45, 7) is 3.97. The maximum atomic E-state index is 13.9. The van der Waals surface area contributed by atoms with Crippen molar-refractivity contribution in [2.24, 2.45) is 0 Å². The molecule has 1 N–H and O–H groups in total. The normalized spacial score (nSPS) is 12.7. The highest BCUT2D eigenvalue weighted by atomic mass is 19.1. The third-order valence-corrected chi connectivity index (χ3v) is 3.35. The summed E-state index contributed by atoms with van der Waals surface area (Å²) in [7, 11) is 1.84. The maximum absolute atomic E-state index is 13.9. The van der Waals surface area contributed by atoms with Gasteiger partial charge in [-0.3, -0.25) is 0 Å². The first-order valence-corrected chi connectivity index (χ1v) is 6.69. The van der Waals surface area contributed by atoms with Crippen molar-refractivity contribution < 1.29 is 8.78 Å². The van der Waals surface area contributed by atoms with Crippen LogP contribution in [-0.4, -0.2) is 22.0 Å². The van der Waals surface area contributed by atoms with Crippen molar-refractivity contribution in [3.63, 3.8) is 0 Å². The van der Waals surface area contributed by atoms with Crippen LogP contribution in [0.5, 0.6) is 0 Å². The molecule has 0 saturated carbocycles. The van der Waals surface area contributed by atoms with Gasteiger partial charge in [0.2, 0.25) is 0 Å². The van der Waals surface area contributed by atoms with Crippen molar-refractivity contribution >= 4 is 0 Å². The molecular weight excluding hydrogens is 262 g/mol. The summed E-state index contributed by atoms with van der Waals surface area (Å²) >= 11 is 0. The molecule has 0 saturated heterocycles. The number of halogens is 2. The van der Waals surface area contributed by atoms with Gasteiger partial charge in [-0.1, -0.05) is 19.1 Å². The predicted octanol–water partition coefficient (Wildman–Crippen LogP) is 2.78. The van der Waals surface area contributed by atoms with Crippen molar-refractivity contribution in [3.05, 3.63) is 41.2 Å². The molecule has 0 aliphatic carbocycles. The summed E-state index contributed by atoms with van der Waals surface area (Å²) in [6, 6.07) is 3.37. The van der Waals surface area contributed by atoms with E-state index in [2.05, 4.69) is 15.6 Å². The molecule has 0 spiro atoms. The van der Waals surface area contributed by atoms with Crippen molar-refractivity contribution in [1.29, 1.82) is 0 Å². The largest absolute Gasteiger partial charge is 0.312 e. The molecule has 0 fully saturated rings.